The third-order valence-corrected chi connectivity index (χ3v) is 7.52. The van der Waals surface area contributed by atoms with Crippen molar-refractivity contribution in [1.82, 2.24) is 15.2 Å². The Morgan fingerprint density at radius 3 is 2.66 bits per heavy atom. The maximum Gasteiger partial charge on any atom is 0.223 e. The summed E-state index contributed by atoms with van der Waals surface area (Å²) in [5.41, 5.74) is 1.17. The van der Waals surface area contributed by atoms with Crippen molar-refractivity contribution in [3.05, 3.63) is 30.1 Å². The lowest BCUT2D eigenvalue weighted by Crippen LogP contribution is -2.40. The number of likely N-dealkylation sites (tertiary alicyclic amines) is 1. The molecule has 2 aliphatic carbocycles. The van der Waals surface area contributed by atoms with Crippen LogP contribution in [0.5, 0.6) is 0 Å². The van der Waals surface area contributed by atoms with Crippen molar-refractivity contribution >= 4 is 11.8 Å². The minimum atomic E-state index is 0.144. The quantitative estimate of drug-likeness (QED) is 0.763. The van der Waals surface area contributed by atoms with Crippen molar-refractivity contribution in [2.75, 3.05) is 19.6 Å². The van der Waals surface area contributed by atoms with Crippen molar-refractivity contribution in [2.24, 2.45) is 17.3 Å². The summed E-state index contributed by atoms with van der Waals surface area (Å²) in [6.45, 7) is 2.32. The first kappa shape index (κ1) is 20.4. The molecular formula is C24H35N3O2. The second-order valence-electron chi connectivity index (χ2n) is 9.40. The molecule has 1 aromatic rings. The fraction of sp³-hybridized carbons (Fsp3) is 0.708. The van der Waals surface area contributed by atoms with Crippen LogP contribution in [0.25, 0.3) is 0 Å². The Labute approximate surface area is 174 Å². The zero-order chi connectivity index (χ0) is 20.1. The molecule has 4 rings (SSSR count). The summed E-state index contributed by atoms with van der Waals surface area (Å²) in [7, 11) is 0. The summed E-state index contributed by atoms with van der Waals surface area (Å²) in [4.78, 5) is 31.5. The summed E-state index contributed by atoms with van der Waals surface area (Å²) < 4.78 is 0. The molecule has 0 aromatic carbocycles. The molecule has 1 N–H and O–H groups in total. The third-order valence-electron chi connectivity index (χ3n) is 7.52. The van der Waals surface area contributed by atoms with Gasteiger partial charge in [0.1, 0.15) is 0 Å². The minimum Gasteiger partial charge on any atom is -0.355 e. The van der Waals surface area contributed by atoms with Crippen LogP contribution in [-0.4, -0.2) is 41.3 Å². The number of pyridine rings is 1. The number of piperidine rings is 1. The highest BCUT2D eigenvalue weighted by Gasteiger charge is 2.58. The molecule has 2 amide bonds. The average molecular weight is 398 g/mol. The Kier molecular flexibility index (Phi) is 6.51. The van der Waals surface area contributed by atoms with E-state index in [1.807, 2.05) is 18.2 Å². The molecule has 1 saturated heterocycles. The zero-order valence-electron chi connectivity index (χ0n) is 17.6. The topological polar surface area (TPSA) is 62.3 Å². The van der Waals surface area contributed by atoms with E-state index in [0.717, 1.165) is 63.2 Å². The molecule has 0 unspecified atom stereocenters. The van der Waals surface area contributed by atoms with Gasteiger partial charge >= 0.3 is 0 Å². The van der Waals surface area contributed by atoms with E-state index in [-0.39, 0.29) is 17.2 Å². The van der Waals surface area contributed by atoms with E-state index in [4.69, 9.17) is 0 Å². The molecule has 1 atom stereocenters. The normalized spacial score (nSPS) is 23.7. The Hall–Kier alpha value is -1.91. The van der Waals surface area contributed by atoms with Gasteiger partial charge in [-0.15, -0.1) is 0 Å². The standard InChI is InChI=1S/C24H35N3O2/c28-22(10-9-19-6-2-1-3-7-19)27-16-12-24(13-17-27)18-21(24)23(29)26-15-11-20-8-4-5-14-25-20/h4-5,8,14,19,21H,1-3,6-7,9-13,15-18H2,(H,26,29)/t21-/m0/s1. The Morgan fingerprint density at radius 2 is 1.93 bits per heavy atom. The second-order valence-corrected chi connectivity index (χ2v) is 9.40. The van der Waals surface area contributed by atoms with Crippen molar-refractivity contribution < 1.29 is 9.59 Å². The van der Waals surface area contributed by atoms with Gasteiger partial charge in [-0.1, -0.05) is 38.2 Å². The predicted molar refractivity (Wildman–Crippen MR) is 113 cm³/mol. The Bertz CT molecular complexity index is 691. The van der Waals surface area contributed by atoms with Crippen molar-refractivity contribution in [3.63, 3.8) is 0 Å². The fourth-order valence-electron chi connectivity index (χ4n) is 5.42. The van der Waals surface area contributed by atoms with Crippen LogP contribution in [0.4, 0.5) is 0 Å². The number of hydrogen-bond donors (Lipinski definition) is 1. The number of carbonyl (C=O) groups is 2. The zero-order valence-corrected chi connectivity index (χ0v) is 17.6. The first-order valence-electron chi connectivity index (χ1n) is 11.6. The number of hydrogen-bond acceptors (Lipinski definition) is 3. The van der Waals surface area contributed by atoms with Crippen LogP contribution in [-0.2, 0) is 16.0 Å². The summed E-state index contributed by atoms with van der Waals surface area (Å²) in [6, 6.07) is 5.87. The lowest BCUT2D eigenvalue weighted by molar-refractivity contribution is -0.133. The number of nitrogens with one attached hydrogen (secondary N) is 1. The van der Waals surface area contributed by atoms with Crippen LogP contribution in [0.15, 0.2) is 24.4 Å². The molecule has 3 fully saturated rings. The third kappa shape index (κ3) is 5.18. The van der Waals surface area contributed by atoms with E-state index >= 15 is 0 Å². The van der Waals surface area contributed by atoms with Gasteiger partial charge in [0, 0.05) is 50.3 Å². The van der Waals surface area contributed by atoms with Crippen molar-refractivity contribution in [2.45, 2.75) is 70.6 Å². The fourth-order valence-corrected chi connectivity index (χ4v) is 5.42. The highest BCUT2D eigenvalue weighted by molar-refractivity contribution is 5.83. The molecule has 5 heteroatoms. The van der Waals surface area contributed by atoms with Crippen LogP contribution in [0.1, 0.15) is 69.9 Å². The molecule has 1 aromatic heterocycles. The van der Waals surface area contributed by atoms with E-state index in [1.54, 1.807) is 6.20 Å². The molecule has 3 aliphatic rings. The lowest BCUT2D eigenvalue weighted by atomic mass is 9.85. The van der Waals surface area contributed by atoms with Gasteiger partial charge in [0.15, 0.2) is 0 Å². The van der Waals surface area contributed by atoms with Crippen LogP contribution < -0.4 is 5.32 Å². The van der Waals surface area contributed by atoms with Crippen LogP contribution in [0.2, 0.25) is 0 Å². The minimum absolute atomic E-state index is 0.144. The van der Waals surface area contributed by atoms with Gasteiger partial charge in [-0.2, -0.15) is 0 Å². The predicted octanol–water partition coefficient (Wildman–Crippen LogP) is 3.73. The number of rotatable bonds is 7. The monoisotopic (exact) mass is 397 g/mol. The SMILES string of the molecule is O=C(NCCc1ccccn1)[C@@H]1CC12CCN(C(=O)CCC1CCCCC1)CC2. The molecule has 2 saturated carbocycles. The van der Waals surface area contributed by atoms with Gasteiger partial charge < -0.3 is 10.2 Å². The van der Waals surface area contributed by atoms with E-state index in [9.17, 15) is 9.59 Å². The largest absolute Gasteiger partial charge is 0.355 e. The molecule has 2 heterocycles. The molecule has 29 heavy (non-hydrogen) atoms. The summed E-state index contributed by atoms with van der Waals surface area (Å²) in [6.07, 6.45) is 14.0. The van der Waals surface area contributed by atoms with E-state index in [1.165, 1.54) is 32.1 Å². The molecule has 1 spiro atoms. The summed E-state index contributed by atoms with van der Waals surface area (Å²) in [5, 5.41) is 3.10. The van der Waals surface area contributed by atoms with Crippen molar-refractivity contribution in [1.29, 1.82) is 0 Å². The van der Waals surface area contributed by atoms with Gasteiger partial charge in [0.2, 0.25) is 11.8 Å². The first-order chi connectivity index (χ1) is 14.2. The molecule has 5 nitrogen and oxygen atoms in total. The van der Waals surface area contributed by atoms with E-state index in [0.29, 0.717) is 12.5 Å². The summed E-state index contributed by atoms with van der Waals surface area (Å²) >= 11 is 0. The highest BCUT2D eigenvalue weighted by atomic mass is 16.2. The maximum atomic E-state index is 12.6. The molecule has 0 radical (unpaired) electrons. The number of amides is 2. The smallest absolute Gasteiger partial charge is 0.223 e. The maximum absolute atomic E-state index is 12.6. The van der Waals surface area contributed by atoms with Crippen LogP contribution in [0, 0.1) is 17.3 Å². The van der Waals surface area contributed by atoms with E-state index in [2.05, 4.69) is 15.2 Å². The first-order valence-corrected chi connectivity index (χ1v) is 11.6. The van der Waals surface area contributed by atoms with Gasteiger partial charge in [-0.25, -0.2) is 0 Å². The van der Waals surface area contributed by atoms with Crippen LogP contribution in [0.3, 0.4) is 0 Å². The molecule has 0 bridgehead atoms. The van der Waals surface area contributed by atoms with Gasteiger partial charge in [0.25, 0.3) is 0 Å². The lowest BCUT2D eigenvalue weighted by Gasteiger charge is -2.33. The van der Waals surface area contributed by atoms with E-state index < -0.39 is 0 Å². The molecule has 158 valence electrons. The highest BCUT2D eigenvalue weighted by Crippen LogP contribution is 2.59. The number of carbonyl (C=O) groups excluding carboxylic acids is 2. The number of aromatic nitrogens is 1. The van der Waals surface area contributed by atoms with Crippen LogP contribution >= 0.6 is 0 Å². The van der Waals surface area contributed by atoms with Gasteiger partial charge in [-0.3, -0.25) is 14.6 Å². The Morgan fingerprint density at radius 1 is 1.14 bits per heavy atom. The van der Waals surface area contributed by atoms with Crippen molar-refractivity contribution in [3.8, 4) is 0 Å². The summed E-state index contributed by atoms with van der Waals surface area (Å²) in [5.74, 6) is 1.44. The van der Waals surface area contributed by atoms with Gasteiger partial charge in [0.05, 0.1) is 0 Å². The van der Waals surface area contributed by atoms with Gasteiger partial charge in [-0.05, 0) is 49.1 Å². The Balaban J connectivity index is 1.15. The number of nitrogens with zero attached hydrogens (tertiary/aromatic N) is 2. The average Bonchev–Trinajstić information content (AvgIpc) is 3.47. The molecule has 1 aliphatic heterocycles. The molecular weight excluding hydrogens is 362 g/mol. The second kappa shape index (κ2) is 9.27.